The molecule has 0 bridgehead atoms. The first-order valence-electron chi connectivity index (χ1n) is 4.82. The normalized spacial score (nSPS) is 12.1. The Balaban J connectivity index is 2.03. The molecule has 1 atom stereocenters. The molecule has 16 heavy (non-hydrogen) atoms. The quantitative estimate of drug-likeness (QED) is 0.792. The van der Waals surface area contributed by atoms with Crippen molar-refractivity contribution in [2.75, 3.05) is 0 Å². The van der Waals surface area contributed by atoms with Gasteiger partial charge >= 0.3 is 0 Å². The highest BCUT2D eigenvalue weighted by molar-refractivity contribution is 5.93. The minimum absolute atomic E-state index is 0.178. The maximum Gasteiger partial charge on any atom is 0.254 e. The van der Waals surface area contributed by atoms with E-state index in [-0.39, 0.29) is 11.9 Å². The summed E-state index contributed by atoms with van der Waals surface area (Å²) < 4.78 is 0. The SMILES string of the molecule is CC(NC(=O)c1cncnc1)c1ncc[nH]1. The molecular formula is C10H11N5O. The smallest absolute Gasteiger partial charge is 0.254 e. The van der Waals surface area contributed by atoms with Crippen LogP contribution in [0, 0.1) is 0 Å². The van der Waals surface area contributed by atoms with Crippen molar-refractivity contribution in [1.82, 2.24) is 25.3 Å². The van der Waals surface area contributed by atoms with E-state index in [2.05, 4.69) is 25.3 Å². The van der Waals surface area contributed by atoms with Crippen LogP contribution in [0.3, 0.4) is 0 Å². The van der Waals surface area contributed by atoms with Crippen molar-refractivity contribution < 1.29 is 4.79 Å². The molecule has 0 aromatic carbocycles. The highest BCUT2D eigenvalue weighted by Crippen LogP contribution is 2.06. The zero-order chi connectivity index (χ0) is 11.4. The molecule has 1 unspecified atom stereocenters. The lowest BCUT2D eigenvalue weighted by molar-refractivity contribution is 0.0937. The molecule has 2 N–H and O–H groups in total. The number of rotatable bonds is 3. The molecule has 2 rings (SSSR count). The minimum atomic E-state index is -0.218. The number of amides is 1. The molecule has 0 aliphatic carbocycles. The number of H-pyrrole nitrogens is 1. The zero-order valence-electron chi connectivity index (χ0n) is 8.71. The Hall–Kier alpha value is -2.24. The van der Waals surface area contributed by atoms with Crippen molar-refractivity contribution in [3.05, 3.63) is 42.5 Å². The van der Waals surface area contributed by atoms with E-state index in [4.69, 9.17) is 0 Å². The molecule has 1 amide bonds. The van der Waals surface area contributed by atoms with Gasteiger partial charge in [-0.2, -0.15) is 0 Å². The molecule has 0 saturated heterocycles. The second-order valence-electron chi connectivity index (χ2n) is 3.30. The fraction of sp³-hybridized carbons (Fsp3) is 0.200. The Bertz CT molecular complexity index is 453. The molecule has 0 aliphatic rings. The summed E-state index contributed by atoms with van der Waals surface area (Å²) in [5.41, 5.74) is 0.431. The molecule has 2 aromatic heterocycles. The molecule has 0 radical (unpaired) electrons. The van der Waals surface area contributed by atoms with Crippen LogP contribution in [-0.2, 0) is 0 Å². The van der Waals surface area contributed by atoms with Gasteiger partial charge in [0.25, 0.3) is 5.91 Å². The lowest BCUT2D eigenvalue weighted by atomic mass is 10.2. The molecule has 0 aliphatic heterocycles. The van der Waals surface area contributed by atoms with Gasteiger partial charge in [0.1, 0.15) is 12.2 Å². The van der Waals surface area contributed by atoms with Gasteiger partial charge in [-0.15, -0.1) is 0 Å². The standard InChI is InChI=1S/C10H11N5O/c1-7(9-13-2-3-14-9)15-10(16)8-4-11-6-12-5-8/h2-7H,1H3,(H,13,14)(H,15,16). The van der Waals surface area contributed by atoms with E-state index in [0.717, 1.165) is 0 Å². The van der Waals surface area contributed by atoms with E-state index in [0.29, 0.717) is 11.4 Å². The molecular weight excluding hydrogens is 206 g/mol. The van der Waals surface area contributed by atoms with Crippen LogP contribution in [0.1, 0.15) is 29.1 Å². The molecule has 82 valence electrons. The van der Waals surface area contributed by atoms with Crippen molar-refractivity contribution >= 4 is 5.91 Å². The van der Waals surface area contributed by atoms with Crippen LogP contribution >= 0.6 is 0 Å². The van der Waals surface area contributed by atoms with Crippen molar-refractivity contribution in [2.45, 2.75) is 13.0 Å². The van der Waals surface area contributed by atoms with Gasteiger partial charge in [0, 0.05) is 24.8 Å². The number of carbonyl (C=O) groups is 1. The van der Waals surface area contributed by atoms with Gasteiger partial charge in [-0.3, -0.25) is 4.79 Å². The van der Waals surface area contributed by atoms with Gasteiger partial charge in [-0.05, 0) is 6.92 Å². The topological polar surface area (TPSA) is 83.6 Å². The van der Waals surface area contributed by atoms with E-state index in [1.54, 1.807) is 12.4 Å². The Morgan fingerprint density at radius 1 is 1.44 bits per heavy atom. The predicted molar refractivity (Wildman–Crippen MR) is 56.5 cm³/mol. The van der Waals surface area contributed by atoms with Crippen LogP contribution in [-0.4, -0.2) is 25.8 Å². The molecule has 2 aromatic rings. The summed E-state index contributed by atoms with van der Waals surface area (Å²) in [5, 5.41) is 2.79. The lowest BCUT2D eigenvalue weighted by Crippen LogP contribution is -2.27. The van der Waals surface area contributed by atoms with Gasteiger partial charge in [0.05, 0.1) is 11.6 Å². The number of imidazole rings is 1. The number of nitrogens with zero attached hydrogens (tertiary/aromatic N) is 3. The monoisotopic (exact) mass is 217 g/mol. The first kappa shape index (κ1) is 10.3. The van der Waals surface area contributed by atoms with Gasteiger partial charge < -0.3 is 10.3 Å². The lowest BCUT2D eigenvalue weighted by Gasteiger charge is -2.10. The van der Waals surface area contributed by atoms with Gasteiger partial charge in [0.15, 0.2) is 0 Å². The summed E-state index contributed by atoms with van der Waals surface area (Å²) >= 11 is 0. The molecule has 2 heterocycles. The first-order valence-corrected chi connectivity index (χ1v) is 4.82. The van der Waals surface area contributed by atoms with E-state index < -0.39 is 0 Å². The molecule has 0 spiro atoms. The number of aromatic nitrogens is 4. The summed E-state index contributed by atoms with van der Waals surface area (Å²) in [4.78, 5) is 26.3. The highest BCUT2D eigenvalue weighted by atomic mass is 16.1. The minimum Gasteiger partial charge on any atom is -0.347 e. The summed E-state index contributed by atoms with van der Waals surface area (Å²) in [7, 11) is 0. The average Bonchev–Trinajstić information content (AvgIpc) is 2.83. The van der Waals surface area contributed by atoms with Gasteiger partial charge in [0.2, 0.25) is 0 Å². The van der Waals surface area contributed by atoms with Crippen LogP contribution in [0.2, 0.25) is 0 Å². The Labute approximate surface area is 92.2 Å². The van der Waals surface area contributed by atoms with Crippen LogP contribution in [0.25, 0.3) is 0 Å². The fourth-order valence-corrected chi connectivity index (χ4v) is 1.28. The highest BCUT2D eigenvalue weighted by Gasteiger charge is 2.12. The van der Waals surface area contributed by atoms with E-state index in [1.807, 2.05) is 6.92 Å². The van der Waals surface area contributed by atoms with Crippen molar-refractivity contribution in [1.29, 1.82) is 0 Å². The Morgan fingerprint density at radius 3 is 2.81 bits per heavy atom. The van der Waals surface area contributed by atoms with Gasteiger partial charge in [-0.25, -0.2) is 15.0 Å². The predicted octanol–water partition coefficient (Wildman–Crippen LogP) is 0.691. The van der Waals surface area contributed by atoms with E-state index in [9.17, 15) is 4.79 Å². The van der Waals surface area contributed by atoms with Crippen molar-refractivity contribution in [2.24, 2.45) is 0 Å². The third-order valence-corrected chi connectivity index (χ3v) is 2.10. The fourth-order valence-electron chi connectivity index (χ4n) is 1.28. The maximum absolute atomic E-state index is 11.7. The van der Waals surface area contributed by atoms with Crippen LogP contribution in [0.15, 0.2) is 31.1 Å². The number of carbonyl (C=O) groups excluding carboxylic acids is 1. The number of aromatic amines is 1. The average molecular weight is 217 g/mol. The summed E-state index contributed by atoms with van der Waals surface area (Å²) in [6.45, 7) is 1.85. The number of hydrogen-bond acceptors (Lipinski definition) is 4. The van der Waals surface area contributed by atoms with Crippen molar-refractivity contribution in [3.8, 4) is 0 Å². The van der Waals surface area contributed by atoms with E-state index >= 15 is 0 Å². The summed E-state index contributed by atoms with van der Waals surface area (Å²) in [6.07, 6.45) is 7.67. The first-order chi connectivity index (χ1) is 7.77. The van der Waals surface area contributed by atoms with Crippen LogP contribution in [0.4, 0.5) is 0 Å². The molecule has 0 fully saturated rings. The maximum atomic E-state index is 11.7. The summed E-state index contributed by atoms with van der Waals surface area (Å²) in [5.74, 6) is 0.495. The third-order valence-electron chi connectivity index (χ3n) is 2.10. The molecule has 0 saturated carbocycles. The second-order valence-corrected chi connectivity index (χ2v) is 3.30. The van der Waals surface area contributed by atoms with E-state index in [1.165, 1.54) is 18.7 Å². The van der Waals surface area contributed by atoms with Crippen molar-refractivity contribution in [3.63, 3.8) is 0 Å². The second kappa shape index (κ2) is 4.52. The van der Waals surface area contributed by atoms with Crippen LogP contribution < -0.4 is 5.32 Å². The Morgan fingerprint density at radius 2 is 2.19 bits per heavy atom. The number of nitrogens with one attached hydrogen (secondary N) is 2. The molecule has 6 nitrogen and oxygen atoms in total. The molecule has 6 heteroatoms. The number of hydrogen-bond donors (Lipinski definition) is 2. The van der Waals surface area contributed by atoms with Crippen LogP contribution in [0.5, 0.6) is 0 Å². The largest absolute Gasteiger partial charge is 0.347 e. The Kier molecular flexibility index (Phi) is 2.90. The van der Waals surface area contributed by atoms with Gasteiger partial charge in [-0.1, -0.05) is 0 Å². The summed E-state index contributed by atoms with van der Waals surface area (Å²) in [6, 6.07) is -0.178. The third kappa shape index (κ3) is 2.22. The zero-order valence-corrected chi connectivity index (χ0v) is 8.71.